The minimum Gasteiger partial charge on any atom is -0.392 e. The Hall–Kier alpha value is -1.88. The van der Waals surface area contributed by atoms with E-state index in [1.54, 1.807) is 31.2 Å². The lowest BCUT2D eigenvalue weighted by atomic mass is 9.81. The molecule has 1 aromatic carbocycles. The fourth-order valence-corrected chi connectivity index (χ4v) is 2.46. The second-order valence-corrected chi connectivity index (χ2v) is 6.84. The van der Waals surface area contributed by atoms with Crippen LogP contribution < -0.4 is 10.6 Å². The maximum Gasteiger partial charge on any atom is 0.319 e. The Morgan fingerprint density at radius 3 is 2.48 bits per heavy atom. The molecule has 0 aliphatic rings. The van der Waals surface area contributed by atoms with Gasteiger partial charge in [0.2, 0.25) is 0 Å². The second kappa shape index (κ2) is 8.11. The quantitative estimate of drug-likeness (QED) is 0.673. The number of benzene rings is 1. The van der Waals surface area contributed by atoms with Crippen molar-refractivity contribution in [2.24, 2.45) is 11.3 Å². The minimum absolute atomic E-state index is 0.0373. The van der Waals surface area contributed by atoms with Gasteiger partial charge in [-0.3, -0.25) is 4.79 Å². The molecule has 23 heavy (non-hydrogen) atoms. The molecule has 0 radical (unpaired) electrons. The lowest BCUT2D eigenvalue weighted by Gasteiger charge is -2.33. The zero-order valence-corrected chi connectivity index (χ0v) is 14.6. The van der Waals surface area contributed by atoms with Gasteiger partial charge in [0.15, 0.2) is 5.78 Å². The van der Waals surface area contributed by atoms with Gasteiger partial charge in [-0.25, -0.2) is 4.79 Å². The number of hydrogen-bond donors (Lipinski definition) is 3. The fraction of sp³-hybridized carbons (Fsp3) is 0.556. The van der Waals surface area contributed by atoms with Crippen LogP contribution >= 0.6 is 0 Å². The summed E-state index contributed by atoms with van der Waals surface area (Å²) >= 11 is 0. The second-order valence-electron chi connectivity index (χ2n) is 6.84. The molecule has 0 bridgehead atoms. The van der Waals surface area contributed by atoms with Crippen molar-refractivity contribution in [1.82, 2.24) is 5.32 Å². The number of hydrogen-bond acceptors (Lipinski definition) is 3. The summed E-state index contributed by atoms with van der Waals surface area (Å²) in [6, 6.07) is 6.52. The molecular weight excluding hydrogens is 292 g/mol. The maximum atomic E-state index is 12.0. The highest BCUT2D eigenvalue weighted by Gasteiger charge is 2.30. The first-order valence-corrected chi connectivity index (χ1v) is 8.03. The smallest absolute Gasteiger partial charge is 0.319 e. The number of ketones is 1. The predicted octanol–water partition coefficient (Wildman–Crippen LogP) is 3.44. The molecule has 128 valence electrons. The average Bonchev–Trinajstić information content (AvgIpc) is 2.51. The van der Waals surface area contributed by atoms with E-state index in [4.69, 9.17) is 0 Å². The molecule has 3 N–H and O–H groups in total. The van der Waals surface area contributed by atoms with Gasteiger partial charge in [0.25, 0.3) is 0 Å². The number of urea groups is 1. The molecule has 1 rings (SSSR count). The van der Waals surface area contributed by atoms with E-state index in [1.807, 2.05) is 27.7 Å². The van der Waals surface area contributed by atoms with Gasteiger partial charge in [0.1, 0.15) is 0 Å². The normalized spacial score (nSPS) is 12.8. The molecule has 5 heteroatoms. The number of Topliss-reactive ketones (excluding diaryl/α,β-unsaturated/α-hetero) is 1. The van der Waals surface area contributed by atoms with Gasteiger partial charge >= 0.3 is 6.03 Å². The van der Waals surface area contributed by atoms with Crippen molar-refractivity contribution in [1.29, 1.82) is 0 Å². The van der Waals surface area contributed by atoms with Gasteiger partial charge in [0, 0.05) is 29.6 Å². The van der Waals surface area contributed by atoms with Gasteiger partial charge in [-0.05, 0) is 18.1 Å². The van der Waals surface area contributed by atoms with Crippen molar-refractivity contribution >= 4 is 17.5 Å². The highest BCUT2D eigenvalue weighted by atomic mass is 16.3. The number of carbonyl (C=O) groups excluding carboxylic acids is 2. The van der Waals surface area contributed by atoms with E-state index in [-0.39, 0.29) is 17.7 Å². The molecule has 1 aromatic rings. The van der Waals surface area contributed by atoms with Gasteiger partial charge in [-0.15, -0.1) is 0 Å². The van der Waals surface area contributed by atoms with Gasteiger partial charge in [-0.1, -0.05) is 46.8 Å². The third-order valence-electron chi connectivity index (χ3n) is 3.90. The molecule has 0 fully saturated rings. The van der Waals surface area contributed by atoms with E-state index < -0.39 is 11.5 Å². The van der Waals surface area contributed by atoms with Crippen molar-refractivity contribution < 1.29 is 14.7 Å². The Morgan fingerprint density at radius 1 is 1.26 bits per heavy atom. The standard InChI is InChI=1S/C18H28N2O3/c1-6-15(21)13-8-7-9-14(10-13)20-17(23)19-11-18(4,5)16(22)12(2)3/h7-10,12,16,22H,6,11H2,1-5H3,(H2,19,20,23). The Labute approximate surface area is 138 Å². The molecular formula is C18H28N2O3. The lowest BCUT2D eigenvalue weighted by Crippen LogP contribution is -2.44. The molecule has 0 heterocycles. The van der Waals surface area contributed by atoms with E-state index in [0.29, 0.717) is 24.2 Å². The molecule has 1 unspecified atom stereocenters. The molecule has 1 atom stereocenters. The zero-order valence-electron chi connectivity index (χ0n) is 14.6. The summed E-state index contributed by atoms with van der Waals surface area (Å²) in [5, 5.41) is 15.7. The van der Waals surface area contributed by atoms with Crippen molar-refractivity contribution in [3.63, 3.8) is 0 Å². The number of rotatable bonds is 7. The van der Waals surface area contributed by atoms with Crippen molar-refractivity contribution in [2.75, 3.05) is 11.9 Å². The minimum atomic E-state index is -0.506. The largest absolute Gasteiger partial charge is 0.392 e. The van der Waals surface area contributed by atoms with E-state index in [1.165, 1.54) is 0 Å². The number of anilines is 1. The molecule has 0 aliphatic heterocycles. The summed E-state index contributed by atoms with van der Waals surface area (Å²) in [7, 11) is 0. The van der Waals surface area contributed by atoms with Gasteiger partial charge in [-0.2, -0.15) is 0 Å². The third kappa shape index (κ3) is 5.67. The predicted molar refractivity (Wildman–Crippen MR) is 92.7 cm³/mol. The van der Waals surface area contributed by atoms with Crippen LogP contribution in [0.1, 0.15) is 51.4 Å². The average molecular weight is 320 g/mol. The van der Waals surface area contributed by atoms with Crippen molar-refractivity contribution in [2.45, 2.75) is 47.1 Å². The number of amides is 2. The highest BCUT2D eigenvalue weighted by molar-refractivity contribution is 5.98. The summed E-state index contributed by atoms with van der Waals surface area (Å²) in [6.07, 6.45) is -0.0787. The number of nitrogens with one attached hydrogen (secondary N) is 2. The van der Waals surface area contributed by atoms with E-state index in [0.717, 1.165) is 0 Å². The number of aliphatic hydroxyl groups excluding tert-OH is 1. The van der Waals surface area contributed by atoms with Crippen LogP contribution in [0.2, 0.25) is 0 Å². The molecule has 0 saturated carbocycles. The van der Waals surface area contributed by atoms with Crippen molar-refractivity contribution in [3.8, 4) is 0 Å². The number of carbonyl (C=O) groups is 2. The Bertz CT molecular complexity index is 553. The monoisotopic (exact) mass is 320 g/mol. The SMILES string of the molecule is CCC(=O)c1cccc(NC(=O)NCC(C)(C)C(O)C(C)C)c1. The van der Waals surface area contributed by atoms with Crippen LogP contribution in [0.3, 0.4) is 0 Å². The summed E-state index contributed by atoms with van der Waals surface area (Å²) < 4.78 is 0. The van der Waals surface area contributed by atoms with Crippen LogP contribution in [0, 0.1) is 11.3 Å². The third-order valence-corrected chi connectivity index (χ3v) is 3.90. The zero-order chi connectivity index (χ0) is 17.6. The molecule has 5 nitrogen and oxygen atoms in total. The number of aliphatic hydroxyl groups is 1. The summed E-state index contributed by atoms with van der Waals surface area (Å²) in [5.41, 5.74) is 0.732. The molecule has 2 amide bonds. The summed E-state index contributed by atoms with van der Waals surface area (Å²) in [4.78, 5) is 23.7. The Kier molecular flexibility index (Phi) is 6.76. The molecule has 0 aliphatic carbocycles. The van der Waals surface area contributed by atoms with E-state index in [9.17, 15) is 14.7 Å². The fourth-order valence-electron chi connectivity index (χ4n) is 2.46. The van der Waals surface area contributed by atoms with Crippen LogP contribution in [0.15, 0.2) is 24.3 Å². The molecule has 0 saturated heterocycles. The van der Waals surface area contributed by atoms with Crippen LogP contribution in [-0.2, 0) is 0 Å². The first-order chi connectivity index (χ1) is 10.7. The molecule has 0 spiro atoms. The Balaban J connectivity index is 2.62. The van der Waals surface area contributed by atoms with Gasteiger partial charge in [0.05, 0.1) is 6.10 Å². The highest BCUT2D eigenvalue weighted by Crippen LogP contribution is 2.25. The Morgan fingerprint density at radius 2 is 1.91 bits per heavy atom. The first-order valence-electron chi connectivity index (χ1n) is 8.03. The lowest BCUT2D eigenvalue weighted by molar-refractivity contribution is 0.0154. The maximum absolute atomic E-state index is 12.0. The van der Waals surface area contributed by atoms with Crippen molar-refractivity contribution in [3.05, 3.63) is 29.8 Å². The summed E-state index contributed by atoms with van der Waals surface area (Å²) in [5.74, 6) is 0.154. The van der Waals surface area contributed by atoms with E-state index in [2.05, 4.69) is 10.6 Å². The van der Waals surface area contributed by atoms with Crippen LogP contribution in [0.5, 0.6) is 0 Å². The summed E-state index contributed by atoms with van der Waals surface area (Å²) in [6.45, 7) is 9.88. The topological polar surface area (TPSA) is 78.4 Å². The van der Waals surface area contributed by atoms with Gasteiger partial charge < -0.3 is 15.7 Å². The van der Waals surface area contributed by atoms with Crippen LogP contribution in [-0.4, -0.2) is 29.6 Å². The van der Waals surface area contributed by atoms with E-state index >= 15 is 0 Å². The van der Waals surface area contributed by atoms with Crippen LogP contribution in [0.4, 0.5) is 10.5 Å². The first kappa shape index (κ1) is 19.2. The van der Waals surface area contributed by atoms with Crippen LogP contribution in [0.25, 0.3) is 0 Å². The molecule has 0 aromatic heterocycles.